The van der Waals surface area contributed by atoms with Crippen molar-refractivity contribution in [2.45, 2.75) is 58.4 Å². The zero-order valence-corrected chi connectivity index (χ0v) is 21.0. The minimum atomic E-state index is 0.206. The fraction of sp³-hybridized carbons (Fsp3) is 0.300. The lowest BCUT2D eigenvalue weighted by Gasteiger charge is -2.16. The van der Waals surface area contributed by atoms with Crippen molar-refractivity contribution in [3.05, 3.63) is 108 Å². The van der Waals surface area contributed by atoms with Crippen LogP contribution in [0.3, 0.4) is 0 Å². The molecule has 4 rings (SSSR count). The number of rotatable bonds is 7. The van der Waals surface area contributed by atoms with E-state index in [0.717, 1.165) is 23.6 Å². The third-order valence-electron chi connectivity index (χ3n) is 4.92. The zero-order valence-electron chi connectivity index (χ0n) is 20.2. The van der Waals surface area contributed by atoms with Crippen LogP contribution in [-0.2, 0) is 0 Å². The van der Waals surface area contributed by atoms with Gasteiger partial charge in [-0.2, -0.15) is 5.26 Å². The summed E-state index contributed by atoms with van der Waals surface area (Å²) < 4.78 is 0. The molecule has 0 amide bonds. The van der Waals surface area contributed by atoms with Crippen LogP contribution in [0.1, 0.15) is 74.4 Å². The van der Waals surface area contributed by atoms with Crippen molar-refractivity contribution in [2.75, 3.05) is 0 Å². The molecule has 1 saturated carbocycles. The maximum Gasteiger partial charge on any atom is 0.0991 e. The molecule has 1 N–H and O–H groups in total. The van der Waals surface area contributed by atoms with E-state index >= 15 is 0 Å². The van der Waals surface area contributed by atoms with Crippen LogP contribution in [0.5, 0.6) is 0 Å². The van der Waals surface area contributed by atoms with Gasteiger partial charge in [0.25, 0.3) is 0 Å². The summed E-state index contributed by atoms with van der Waals surface area (Å²) in [5, 5.41) is 12.4. The molecular formula is C30H36N2S. The Kier molecular flexibility index (Phi) is 11.2. The van der Waals surface area contributed by atoms with Crippen molar-refractivity contribution in [3.8, 4) is 16.5 Å². The van der Waals surface area contributed by atoms with Gasteiger partial charge in [0.1, 0.15) is 0 Å². The van der Waals surface area contributed by atoms with Crippen LogP contribution >= 0.6 is 11.3 Å². The van der Waals surface area contributed by atoms with Crippen LogP contribution in [0.15, 0.2) is 91.7 Å². The summed E-state index contributed by atoms with van der Waals surface area (Å²) in [5.41, 5.74) is 4.24. The fourth-order valence-electron chi connectivity index (χ4n) is 3.29. The van der Waals surface area contributed by atoms with E-state index in [0.29, 0.717) is 5.56 Å². The second kappa shape index (κ2) is 14.1. The maximum atomic E-state index is 8.99. The zero-order chi connectivity index (χ0) is 24.1. The van der Waals surface area contributed by atoms with Crippen molar-refractivity contribution in [3.63, 3.8) is 0 Å². The molecule has 33 heavy (non-hydrogen) atoms. The molecule has 0 aliphatic heterocycles. The van der Waals surface area contributed by atoms with Crippen LogP contribution in [-0.4, -0.2) is 0 Å². The molecular weight excluding hydrogens is 420 g/mol. The Morgan fingerprint density at radius 2 is 1.82 bits per heavy atom. The molecule has 2 aromatic carbocycles. The maximum absolute atomic E-state index is 8.99. The van der Waals surface area contributed by atoms with E-state index < -0.39 is 0 Å². The quantitative estimate of drug-likeness (QED) is 0.360. The van der Waals surface area contributed by atoms with Crippen LogP contribution in [0.2, 0.25) is 0 Å². The van der Waals surface area contributed by atoms with Crippen molar-refractivity contribution in [1.29, 1.82) is 5.26 Å². The van der Waals surface area contributed by atoms with Gasteiger partial charge in [-0.15, -0.1) is 17.9 Å². The Morgan fingerprint density at radius 3 is 2.39 bits per heavy atom. The highest BCUT2D eigenvalue weighted by Crippen LogP contribution is 2.39. The van der Waals surface area contributed by atoms with Gasteiger partial charge in [0.05, 0.1) is 17.7 Å². The molecule has 1 heterocycles. The van der Waals surface area contributed by atoms with E-state index in [1.807, 2.05) is 37.3 Å². The van der Waals surface area contributed by atoms with Crippen LogP contribution in [0.4, 0.5) is 0 Å². The Balaban J connectivity index is 0.000000263. The van der Waals surface area contributed by atoms with Crippen molar-refractivity contribution in [1.82, 2.24) is 5.32 Å². The highest BCUT2D eigenvalue weighted by Gasteiger charge is 2.22. The number of nitrogens with zero attached hydrogens (tertiary/aromatic N) is 1. The number of hydrogen-bond donors (Lipinski definition) is 1. The van der Waals surface area contributed by atoms with Gasteiger partial charge in [-0.25, -0.2) is 0 Å². The first kappa shape index (κ1) is 26.2. The standard InChI is InChI=1S/C18H18N2S.C9H10.C3H8/c1-4-6-16(20-13(2)3)18-10-9-17(21-18)15-8-5-7-14(11-15)12-19;1-2-4-8(5-3-1)9-6-7-9;1-3-2/h4-5,7-11,16,20H,1-2,6H2,3H3;1-5,9H,6-7H2;3H2,1-2H3. The number of hydrogen-bond acceptors (Lipinski definition) is 3. The highest BCUT2D eigenvalue weighted by atomic mass is 32.1. The van der Waals surface area contributed by atoms with Gasteiger partial charge in [0, 0.05) is 15.5 Å². The molecule has 1 atom stereocenters. The monoisotopic (exact) mass is 456 g/mol. The third-order valence-corrected chi connectivity index (χ3v) is 6.17. The first-order valence-corrected chi connectivity index (χ1v) is 12.5. The molecule has 0 saturated heterocycles. The van der Waals surface area contributed by atoms with Gasteiger partial charge in [0.15, 0.2) is 0 Å². The smallest absolute Gasteiger partial charge is 0.0991 e. The Bertz CT molecular complexity index is 1040. The topological polar surface area (TPSA) is 35.8 Å². The first-order valence-electron chi connectivity index (χ1n) is 11.7. The predicted octanol–water partition coefficient (Wildman–Crippen LogP) is 9.01. The number of allylic oxidation sites excluding steroid dienone is 1. The Morgan fingerprint density at radius 1 is 1.12 bits per heavy atom. The summed E-state index contributed by atoms with van der Waals surface area (Å²) in [6.45, 7) is 13.9. The Labute approximate surface area is 204 Å². The summed E-state index contributed by atoms with van der Waals surface area (Å²) >= 11 is 1.73. The summed E-state index contributed by atoms with van der Waals surface area (Å²) in [5.74, 6) is 0.909. The van der Waals surface area contributed by atoms with E-state index in [4.69, 9.17) is 5.26 Å². The van der Waals surface area contributed by atoms with Crippen molar-refractivity contribution < 1.29 is 0 Å². The fourth-order valence-corrected chi connectivity index (χ4v) is 4.36. The summed E-state index contributed by atoms with van der Waals surface area (Å²) in [7, 11) is 0. The molecule has 3 heteroatoms. The third kappa shape index (κ3) is 9.12. The highest BCUT2D eigenvalue weighted by molar-refractivity contribution is 7.15. The second-order valence-corrected chi connectivity index (χ2v) is 9.40. The molecule has 2 nitrogen and oxygen atoms in total. The Hall–Kier alpha value is -3.09. The molecule has 0 radical (unpaired) electrons. The SMILES string of the molecule is C=CCC(NC(=C)C)c1ccc(-c2cccc(C#N)c2)s1.CCC.c1ccc(C2CC2)cc1. The average molecular weight is 457 g/mol. The normalized spacial score (nSPS) is 12.7. The van der Waals surface area contributed by atoms with E-state index in [2.05, 4.69) is 80.9 Å². The van der Waals surface area contributed by atoms with E-state index in [1.165, 1.54) is 34.6 Å². The van der Waals surface area contributed by atoms with E-state index in [9.17, 15) is 0 Å². The summed E-state index contributed by atoms with van der Waals surface area (Å²) in [6, 6.07) is 25.1. The van der Waals surface area contributed by atoms with Crippen molar-refractivity contribution >= 4 is 11.3 Å². The van der Waals surface area contributed by atoms with Gasteiger partial charge in [0.2, 0.25) is 0 Å². The predicted molar refractivity (Wildman–Crippen MR) is 144 cm³/mol. The van der Waals surface area contributed by atoms with Crippen LogP contribution < -0.4 is 5.32 Å². The van der Waals surface area contributed by atoms with Gasteiger partial charge in [-0.05, 0) is 67.5 Å². The van der Waals surface area contributed by atoms with E-state index in [-0.39, 0.29) is 6.04 Å². The molecule has 0 spiro atoms. The number of nitrogens with one attached hydrogen (secondary N) is 1. The average Bonchev–Trinajstić information content (AvgIpc) is 3.56. The van der Waals surface area contributed by atoms with Crippen molar-refractivity contribution in [2.24, 2.45) is 0 Å². The lowest BCUT2D eigenvalue weighted by atomic mass is 10.1. The lowest BCUT2D eigenvalue weighted by molar-refractivity contribution is 0.618. The van der Waals surface area contributed by atoms with Crippen LogP contribution in [0.25, 0.3) is 10.4 Å². The molecule has 1 aliphatic carbocycles. The van der Waals surface area contributed by atoms with Crippen LogP contribution in [0, 0.1) is 11.3 Å². The van der Waals surface area contributed by atoms with Gasteiger partial charge >= 0.3 is 0 Å². The lowest BCUT2D eigenvalue weighted by Crippen LogP contribution is -2.17. The summed E-state index contributed by atoms with van der Waals surface area (Å²) in [4.78, 5) is 2.41. The largest absolute Gasteiger partial charge is 0.381 e. The number of nitriles is 1. The minimum Gasteiger partial charge on any atom is -0.381 e. The number of thiophene rings is 1. The van der Waals surface area contributed by atoms with Gasteiger partial charge < -0.3 is 5.32 Å². The number of benzene rings is 2. The van der Waals surface area contributed by atoms with E-state index in [1.54, 1.807) is 11.3 Å². The van der Waals surface area contributed by atoms with Gasteiger partial charge in [-0.3, -0.25) is 0 Å². The minimum absolute atomic E-state index is 0.206. The van der Waals surface area contributed by atoms with Gasteiger partial charge in [-0.1, -0.05) is 75.4 Å². The molecule has 1 unspecified atom stereocenters. The molecule has 1 aliphatic rings. The molecule has 1 aromatic heterocycles. The molecule has 172 valence electrons. The molecule has 1 fully saturated rings. The first-order chi connectivity index (χ1) is 16.0. The summed E-state index contributed by atoms with van der Waals surface area (Å²) in [6.07, 6.45) is 6.83. The molecule has 0 bridgehead atoms. The molecule has 3 aromatic rings. The second-order valence-electron chi connectivity index (χ2n) is 8.29.